The molecule has 0 atom stereocenters. The Hall–Kier alpha value is -1.03. The fourth-order valence-corrected chi connectivity index (χ4v) is 0.688. The van der Waals surface area contributed by atoms with E-state index in [9.17, 15) is 9.59 Å². The highest BCUT2D eigenvalue weighted by Gasteiger charge is 2.06. The summed E-state index contributed by atoms with van der Waals surface area (Å²) in [4.78, 5) is 21.0. The first-order valence-corrected chi connectivity index (χ1v) is 2.89. The van der Waals surface area contributed by atoms with E-state index in [4.69, 9.17) is 11.6 Å². The Bertz CT molecular complexity index is 311. The minimum absolute atomic E-state index is 0.360. The van der Waals surface area contributed by atoms with Crippen molar-refractivity contribution in [2.75, 3.05) is 0 Å². The molecule has 0 bridgehead atoms. The Kier molecular flexibility index (Phi) is 1.63. The van der Waals surface area contributed by atoms with E-state index >= 15 is 0 Å². The second kappa shape index (κ2) is 2.30. The molecule has 1 heterocycles. The summed E-state index contributed by atoms with van der Waals surface area (Å²) in [5.41, 5.74) is -0.544. The van der Waals surface area contributed by atoms with E-state index in [-0.39, 0.29) is 0 Å². The average molecular weight is 162 g/mol. The van der Waals surface area contributed by atoms with Crippen molar-refractivity contribution >= 4 is 17.0 Å². The van der Waals surface area contributed by atoms with Gasteiger partial charge in [0, 0.05) is 6.07 Å². The van der Waals surface area contributed by atoms with Crippen molar-refractivity contribution in [3.05, 3.63) is 22.2 Å². The maximum atomic E-state index is 10.6. The van der Waals surface area contributed by atoms with Gasteiger partial charge in [0.15, 0.2) is 0 Å². The fourth-order valence-electron chi connectivity index (χ4n) is 0.570. The number of aryl methyl sites for hydroxylation is 1. The summed E-state index contributed by atoms with van der Waals surface area (Å²) >= 11 is 4.95. The van der Waals surface area contributed by atoms with Crippen molar-refractivity contribution in [1.29, 1.82) is 0 Å². The van der Waals surface area contributed by atoms with E-state index in [2.05, 4.69) is 4.52 Å². The van der Waals surface area contributed by atoms with Gasteiger partial charge in [-0.05, 0) is 18.5 Å². The number of halogens is 1. The van der Waals surface area contributed by atoms with E-state index in [1.165, 1.54) is 6.07 Å². The number of nitrogens with zero attached hydrogens (tertiary/aromatic N) is 1. The molecule has 0 aliphatic carbocycles. The topological polar surface area (TPSA) is 52.2 Å². The molecule has 0 spiro atoms. The molecule has 1 aromatic heterocycles. The third-order valence-corrected chi connectivity index (χ3v) is 1.08. The molecule has 4 nitrogen and oxygen atoms in total. The lowest BCUT2D eigenvalue weighted by molar-refractivity contribution is 0.226. The van der Waals surface area contributed by atoms with E-state index in [1.807, 2.05) is 0 Å². The van der Waals surface area contributed by atoms with Crippen LogP contribution in [0.2, 0.25) is 0 Å². The zero-order chi connectivity index (χ0) is 7.72. The molecule has 0 saturated heterocycles. The van der Waals surface area contributed by atoms with Gasteiger partial charge in [-0.1, -0.05) is 4.74 Å². The van der Waals surface area contributed by atoms with Crippen molar-refractivity contribution in [3.63, 3.8) is 0 Å². The van der Waals surface area contributed by atoms with Gasteiger partial charge < -0.3 is 4.52 Å². The predicted octanol–water partition coefficient (Wildman–Crippen LogP) is 0.957. The molecule has 1 aromatic rings. The Morgan fingerprint density at radius 3 is 2.60 bits per heavy atom. The van der Waals surface area contributed by atoms with Crippen LogP contribution in [0.5, 0.6) is 0 Å². The summed E-state index contributed by atoms with van der Waals surface area (Å²) in [7, 11) is 0. The summed E-state index contributed by atoms with van der Waals surface area (Å²) in [5, 5.41) is -0.932. The Balaban J connectivity index is 3.29. The standard InChI is InChI=1S/C5H4ClNO3/c1-3-2-4(8)7(10-3)5(6)9/h2H,1H3. The van der Waals surface area contributed by atoms with Crippen molar-refractivity contribution in [2.45, 2.75) is 6.92 Å². The Morgan fingerprint density at radius 1 is 1.80 bits per heavy atom. The largest absolute Gasteiger partial charge is 0.372 e. The van der Waals surface area contributed by atoms with Gasteiger partial charge in [-0.2, -0.15) is 0 Å². The minimum atomic E-state index is -0.932. The van der Waals surface area contributed by atoms with Gasteiger partial charge in [0.1, 0.15) is 5.76 Å². The van der Waals surface area contributed by atoms with E-state index in [0.717, 1.165) is 0 Å². The molecule has 0 aromatic carbocycles. The van der Waals surface area contributed by atoms with Crippen molar-refractivity contribution in [1.82, 2.24) is 4.74 Å². The molecule has 0 unspecified atom stereocenters. The minimum Gasteiger partial charge on any atom is -0.372 e. The van der Waals surface area contributed by atoms with Crippen LogP contribution in [0.25, 0.3) is 0 Å². The van der Waals surface area contributed by atoms with Crippen LogP contribution >= 0.6 is 11.6 Å². The van der Waals surface area contributed by atoms with Gasteiger partial charge in [0.05, 0.1) is 0 Å². The van der Waals surface area contributed by atoms with E-state index in [0.29, 0.717) is 10.5 Å². The second-order valence-corrected chi connectivity index (χ2v) is 2.06. The second-order valence-electron chi connectivity index (χ2n) is 1.73. The molecule has 10 heavy (non-hydrogen) atoms. The number of rotatable bonds is 0. The van der Waals surface area contributed by atoms with E-state index < -0.39 is 10.9 Å². The highest BCUT2D eigenvalue weighted by atomic mass is 35.5. The van der Waals surface area contributed by atoms with Gasteiger partial charge in [-0.3, -0.25) is 9.59 Å². The fraction of sp³-hybridized carbons (Fsp3) is 0.200. The zero-order valence-corrected chi connectivity index (χ0v) is 5.88. The van der Waals surface area contributed by atoms with Crippen molar-refractivity contribution in [2.24, 2.45) is 0 Å². The lowest BCUT2D eigenvalue weighted by atomic mass is 10.5. The summed E-state index contributed by atoms with van der Waals surface area (Å²) in [6.07, 6.45) is 0. The smallest absolute Gasteiger partial charge is 0.357 e. The highest BCUT2D eigenvalue weighted by Crippen LogP contribution is 1.94. The maximum Gasteiger partial charge on any atom is 0.357 e. The maximum absolute atomic E-state index is 10.6. The third kappa shape index (κ3) is 1.11. The molecule has 0 amide bonds. The monoisotopic (exact) mass is 161 g/mol. The van der Waals surface area contributed by atoms with Crippen LogP contribution in [0.15, 0.2) is 15.4 Å². The summed E-state index contributed by atoms with van der Waals surface area (Å²) in [6.45, 7) is 1.55. The molecule has 54 valence electrons. The molecule has 5 heteroatoms. The molecule has 1 rings (SSSR count). The molecular formula is C5H4ClNO3. The van der Waals surface area contributed by atoms with Crippen molar-refractivity contribution in [3.8, 4) is 0 Å². The van der Waals surface area contributed by atoms with Crippen LogP contribution in [0.3, 0.4) is 0 Å². The molecule has 0 N–H and O–H groups in total. The first-order valence-electron chi connectivity index (χ1n) is 2.51. The van der Waals surface area contributed by atoms with Crippen LogP contribution in [-0.2, 0) is 0 Å². The number of aromatic nitrogens is 1. The highest BCUT2D eigenvalue weighted by molar-refractivity contribution is 6.63. The Morgan fingerprint density at radius 2 is 2.40 bits per heavy atom. The lowest BCUT2D eigenvalue weighted by Crippen LogP contribution is -2.16. The van der Waals surface area contributed by atoms with Crippen LogP contribution in [0.4, 0.5) is 4.79 Å². The quantitative estimate of drug-likeness (QED) is 0.533. The molecule has 0 saturated carbocycles. The van der Waals surface area contributed by atoms with Gasteiger partial charge >= 0.3 is 5.37 Å². The SMILES string of the molecule is Cc1cc(=O)n(C(=O)Cl)o1. The number of carbonyl (C=O) groups excluding carboxylic acids is 1. The van der Waals surface area contributed by atoms with Gasteiger partial charge in [0.2, 0.25) is 0 Å². The number of hydrogen-bond acceptors (Lipinski definition) is 3. The van der Waals surface area contributed by atoms with Gasteiger partial charge in [-0.15, -0.1) is 0 Å². The summed E-state index contributed by atoms with van der Waals surface area (Å²) < 4.78 is 5.08. The van der Waals surface area contributed by atoms with Gasteiger partial charge in [-0.25, -0.2) is 0 Å². The van der Waals surface area contributed by atoms with Gasteiger partial charge in [0.25, 0.3) is 5.56 Å². The lowest BCUT2D eigenvalue weighted by Gasteiger charge is -1.85. The summed E-state index contributed by atoms with van der Waals surface area (Å²) in [5.74, 6) is 0.360. The number of hydrogen-bond donors (Lipinski definition) is 0. The molecule has 0 aliphatic heterocycles. The van der Waals surface area contributed by atoms with Crippen LogP contribution in [0.1, 0.15) is 5.76 Å². The van der Waals surface area contributed by atoms with E-state index in [1.54, 1.807) is 6.92 Å². The van der Waals surface area contributed by atoms with Crippen LogP contribution < -0.4 is 5.56 Å². The number of carbonyl (C=O) groups is 1. The van der Waals surface area contributed by atoms with Crippen molar-refractivity contribution < 1.29 is 9.32 Å². The normalized spacial score (nSPS) is 9.80. The molecule has 0 aliphatic rings. The first-order chi connectivity index (χ1) is 4.61. The third-order valence-electron chi connectivity index (χ3n) is 0.922. The summed E-state index contributed by atoms with van der Waals surface area (Å²) in [6, 6.07) is 1.18. The predicted molar refractivity (Wildman–Crippen MR) is 34.4 cm³/mol. The molecular weight excluding hydrogens is 158 g/mol. The van der Waals surface area contributed by atoms with Crippen LogP contribution in [0, 0.1) is 6.92 Å². The first kappa shape index (κ1) is 7.08. The molecule has 0 radical (unpaired) electrons. The van der Waals surface area contributed by atoms with Crippen LogP contribution in [-0.4, -0.2) is 10.1 Å². The zero-order valence-electron chi connectivity index (χ0n) is 5.13. The molecule has 0 fully saturated rings. The Labute approximate surface area is 61.0 Å². The average Bonchev–Trinajstić information content (AvgIpc) is 2.10.